The lowest BCUT2D eigenvalue weighted by Gasteiger charge is -2.10. The van der Waals surface area contributed by atoms with Crippen molar-refractivity contribution in [2.45, 2.75) is 26.4 Å². The molecule has 1 unspecified atom stereocenters. The number of thiophene rings is 1. The van der Waals surface area contributed by atoms with Crippen LogP contribution in [0.3, 0.4) is 0 Å². The Morgan fingerprint density at radius 3 is 3.00 bits per heavy atom. The SMILES string of the molecule is CCOC(=O)C(C)OCCc1cccs1. The number of esters is 1. The Morgan fingerprint density at radius 2 is 2.40 bits per heavy atom. The highest BCUT2D eigenvalue weighted by atomic mass is 32.1. The maximum Gasteiger partial charge on any atom is 0.334 e. The molecule has 0 N–H and O–H groups in total. The minimum atomic E-state index is -0.468. The zero-order valence-electron chi connectivity index (χ0n) is 9.06. The van der Waals surface area contributed by atoms with E-state index in [1.807, 2.05) is 11.4 Å². The van der Waals surface area contributed by atoms with Crippen LogP contribution in [-0.2, 0) is 20.7 Å². The van der Waals surface area contributed by atoms with E-state index in [1.165, 1.54) is 4.88 Å². The van der Waals surface area contributed by atoms with Crippen LogP contribution in [0.15, 0.2) is 17.5 Å². The summed E-state index contributed by atoms with van der Waals surface area (Å²) < 4.78 is 10.2. The lowest BCUT2D eigenvalue weighted by molar-refractivity contribution is -0.155. The third-order valence-corrected chi connectivity index (χ3v) is 2.85. The molecule has 0 aliphatic rings. The second kappa shape index (κ2) is 6.58. The molecule has 1 aromatic rings. The van der Waals surface area contributed by atoms with E-state index in [0.717, 1.165) is 6.42 Å². The van der Waals surface area contributed by atoms with Crippen molar-refractivity contribution < 1.29 is 14.3 Å². The van der Waals surface area contributed by atoms with Gasteiger partial charge in [-0.05, 0) is 25.3 Å². The second-order valence-corrected chi connectivity index (χ2v) is 4.13. The summed E-state index contributed by atoms with van der Waals surface area (Å²) in [5.41, 5.74) is 0. The van der Waals surface area contributed by atoms with Crippen LogP contribution in [0.25, 0.3) is 0 Å². The van der Waals surface area contributed by atoms with Crippen molar-refractivity contribution in [3.05, 3.63) is 22.4 Å². The van der Waals surface area contributed by atoms with Crippen molar-refractivity contribution in [1.82, 2.24) is 0 Å². The van der Waals surface area contributed by atoms with E-state index in [1.54, 1.807) is 25.2 Å². The molecule has 0 spiro atoms. The van der Waals surface area contributed by atoms with Gasteiger partial charge in [0.25, 0.3) is 0 Å². The topological polar surface area (TPSA) is 35.5 Å². The molecule has 0 radical (unpaired) electrons. The lowest BCUT2D eigenvalue weighted by Crippen LogP contribution is -2.24. The number of rotatable bonds is 6. The predicted octanol–water partition coefficient (Wildman–Crippen LogP) is 2.26. The highest BCUT2D eigenvalue weighted by Crippen LogP contribution is 2.09. The highest BCUT2D eigenvalue weighted by Gasteiger charge is 2.13. The maximum atomic E-state index is 11.2. The van der Waals surface area contributed by atoms with E-state index in [2.05, 4.69) is 6.07 Å². The van der Waals surface area contributed by atoms with E-state index in [4.69, 9.17) is 9.47 Å². The summed E-state index contributed by atoms with van der Waals surface area (Å²) in [4.78, 5) is 12.5. The minimum Gasteiger partial charge on any atom is -0.464 e. The van der Waals surface area contributed by atoms with Gasteiger partial charge in [0.15, 0.2) is 6.10 Å². The summed E-state index contributed by atoms with van der Waals surface area (Å²) in [5, 5.41) is 2.03. The fourth-order valence-corrected chi connectivity index (χ4v) is 1.81. The molecular weight excluding hydrogens is 212 g/mol. The number of hydrogen-bond donors (Lipinski definition) is 0. The van der Waals surface area contributed by atoms with Crippen LogP contribution in [-0.4, -0.2) is 25.3 Å². The molecule has 4 heteroatoms. The van der Waals surface area contributed by atoms with Crippen molar-refractivity contribution in [2.24, 2.45) is 0 Å². The Hall–Kier alpha value is -0.870. The summed E-state index contributed by atoms with van der Waals surface area (Å²) in [6, 6.07) is 4.07. The highest BCUT2D eigenvalue weighted by molar-refractivity contribution is 7.09. The van der Waals surface area contributed by atoms with E-state index in [9.17, 15) is 4.79 Å². The zero-order chi connectivity index (χ0) is 11.1. The molecule has 0 saturated carbocycles. The third-order valence-electron chi connectivity index (χ3n) is 1.91. The number of ether oxygens (including phenoxy) is 2. The Bertz CT molecular complexity index is 282. The molecule has 1 aromatic heterocycles. The summed E-state index contributed by atoms with van der Waals surface area (Å²) in [5.74, 6) is -0.288. The molecule has 0 aliphatic carbocycles. The van der Waals surface area contributed by atoms with E-state index >= 15 is 0 Å². The van der Waals surface area contributed by atoms with Crippen molar-refractivity contribution >= 4 is 17.3 Å². The molecular formula is C11H16O3S. The third kappa shape index (κ3) is 4.44. The minimum absolute atomic E-state index is 0.288. The Balaban J connectivity index is 2.17. The molecule has 0 amide bonds. The van der Waals surface area contributed by atoms with Crippen LogP contribution < -0.4 is 0 Å². The van der Waals surface area contributed by atoms with E-state index < -0.39 is 6.10 Å². The van der Waals surface area contributed by atoms with Gasteiger partial charge in [-0.15, -0.1) is 11.3 Å². The first kappa shape index (κ1) is 12.2. The van der Waals surface area contributed by atoms with Crippen molar-refractivity contribution in [2.75, 3.05) is 13.2 Å². The maximum absolute atomic E-state index is 11.2. The molecule has 1 heterocycles. The monoisotopic (exact) mass is 228 g/mol. The van der Waals surface area contributed by atoms with Crippen LogP contribution in [0.4, 0.5) is 0 Å². The molecule has 0 bridgehead atoms. The Morgan fingerprint density at radius 1 is 1.60 bits per heavy atom. The summed E-state index contributed by atoms with van der Waals surface area (Å²) in [7, 11) is 0. The van der Waals surface area contributed by atoms with Gasteiger partial charge < -0.3 is 9.47 Å². The first-order valence-corrected chi connectivity index (χ1v) is 5.92. The van der Waals surface area contributed by atoms with Crippen molar-refractivity contribution in [3.8, 4) is 0 Å². The Kier molecular flexibility index (Phi) is 5.36. The largest absolute Gasteiger partial charge is 0.464 e. The summed E-state index contributed by atoms with van der Waals surface area (Å²) in [6.07, 6.45) is 0.381. The first-order valence-electron chi connectivity index (χ1n) is 5.04. The second-order valence-electron chi connectivity index (χ2n) is 3.09. The van der Waals surface area contributed by atoms with Gasteiger partial charge in [-0.2, -0.15) is 0 Å². The number of hydrogen-bond acceptors (Lipinski definition) is 4. The van der Waals surface area contributed by atoms with Crippen LogP contribution in [0.1, 0.15) is 18.7 Å². The van der Waals surface area contributed by atoms with Gasteiger partial charge in [0, 0.05) is 11.3 Å². The van der Waals surface area contributed by atoms with Crippen LogP contribution in [0, 0.1) is 0 Å². The molecule has 0 aliphatic heterocycles. The molecule has 3 nitrogen and oxygen atoms in total. The van der Waals surface area contributed by atoms with Gasteiger partial charge >= 0.3 is 5.97 Å². The summed E-state index contributed by atoms with van der Waals surface area (Å²) >= 11 is 1.70. The van der Waals surface area contributed by atoms with Gasteiger partial charge in [0.1, 0.15) is 0 Å². The van der Waals surface area contributed by atoms with Gasteiger partial charge in [-0.1, -0.05) is 6.07 Å². The molecule has 1 rings (SSSR count). The standard InChI is InChI=1S/C11H16O3S/c1-3-13-11(12)9(2)14-7-6-10-5-4-8-15-10/h4-5,8-9H,3,6-7H2,1-2H3. The quantitative estimate of drug-likeness (QED) is 0.701. The Labute approximate surface area is 94.0 Å². The molecule has 0 fully saturated rings. The molecule has 84 valence electrons. The summed E-state index contributed by atoms with van der Waals surface area (Å²) in [6.45, 7) is 4.46. The van der Waals surface area contributed by atoms with Crippen molar-refractivity contribution in [3.63, 3.8) is 0 Å². The number of carbonyl (C=O) groups excluding carboxylic acids is 1. The lowest BCUT2D eigenvalue weighted by atomic mass is 10.3. The average Bonchev–Trinajstić information content (AvgIpc) is 2.71. The fourth-order valence-electron chi connectivity index (χ4n) is 1.12. The van der Waals surface area contributed by atoms with E-state index in [-0.39, 0.29) is 5.97 Å². The zero-order valence-corrected chi connectivity index (χ0v) is 9.88. The van der Waals surface area contributed by atoms with Gasteiger partial charge in [-0.3, -0.25) is 0 Å². The molecule has 0 saturated heterocycles. The van der Waals surface area contributed by atoms with Crippen LogP contribution in [0.5, 0.6) is 0 Å². The molecule has 0 aromatic carbocycles. The molecule has 15 heavy (non-hydrogen) atoms. The smallest absolute Gasteiger partial charge is 0.334 e. The van der Waals surface area contributed by atoms with Gasteiger partial charge in [0.2, 0.25) is 0 Å². The predicted molar refractivity (Wildman–Crippen MR) is 60.1 cm³/mol. The molecule has 1 atom stereocenters. The fraction of sp³-hybridized carbons (Fsp3) is 0.545. The van der Waals surface area contributed by atoms with Crippen molar-refractivity contribution in [1.29, 1.82) is 0 Å². The van der Waals surface area contributed by atoms with Crippen LogP contribution >= 0.6 is 11.3 Å². The average molecular weight is 228 g/mol. The van der Waals surface area contributed by atoms with E-state index in [0.29, 0.717) is 13.2 Å². The van der Waals surface area contributed by atoms with Crippen LogP contribution in [0.2, 0.25) is 0 Å². The van der Waals surface area contributed by atoms with Gasteiger partial charge in [-0.25, -0.2) is 4.79 Å². The normalized spacial score (nSPS) is 12.4. The van der Waals surface area contributed by atoms with Gasteiger partial charge in [0.05, 0.1) is 13.2 Å². The number of carbonyl (C=O) groups is 1. The first-order chi connectivity index (χ1) is 7.24.